The second-order valence-corrected chi connectivity index (χ2v) is 4.14. The number of anilines is 1. The van der Waals surface area contributed by atoms with Gasteiger partial charge in [-0.15, -0.1) is 0 Å². The Labute approximate surface area is 111 Å². The Bertz CT molecular complexity index is 465. The molecule has 0 heterocycles. The molecular formula is C14H17NO4. The van der Waals surface area contributed by atoms with Crippen LogP contribution < -0.4 is 5.32 Å². The third kappa shape index (κ3) is 5.33. The first-order valence-corrected chi connectivity index (χ1v) is 6.09. The van der Waals surface area contributed by atoms with Crippen molar-refractivity contribution in [2.24, 2.45) is 0 Å². The highest BCUT2D eigenvalue weighted by Crippen LogP contribution is 2.11. The molecular weight excluding hydrogens is 246 g/mol. The molecule has 5 heteroatoms. The summed E-state index contributed by atoms with van der Waals surface area (Å²) in [6, 6.07) is 6.34. The minimum Gasteiger partial charge on any atom is -0.462 e. The molecule has 19 heavy (non-hydrogen) atoms. The zero-order valence-corrected chi connectivity index (χ0v) is 11.1. The number of carbonyl (C=O) groups excluding carboxylic acids is 3. The standard InChI is InChI=1S/C14H17NO4/c1-3-8-19-14(18)11-4-6-12(7-5-11)15-13(17)9-10(2)16/h4-7H,3,8-9H2,1-2H3,(H,15,17). The molecule has 0 aliphatic heterocycles. The van der Waals surface area contributed by atoms with Crippen molar-refractivity contribution in [3.63, 3.8) is 0 Å². The summed E-state index contributed by atoms with van der Waals surface area (Å²) in [7, 11) is 0. The van der Waals surface area contributed by atoms with Crippen molar-refractivity contribution < 1.29 is 19.1 Å². The van der Waals surface area contributed by atoms with Gasteiger partial charge in [0.25, 0.3) is 0 Å². The van der Waals surface area contributed by atoms with E-state index >= 15 is 0 Å². The smallest absolute Gasteiger partial charge is 0.338 e. The molecule has 0 spiro atoms. The van der Waals surface area contributed by atoms with Crippen molar-refractivity contribution in [1.82, 2.24) is 0 Å². The molecule has 1 amide bonds. The molecule has 1 aromatic carbocycles. The Morgan fingerprint density at radius 1 is 1.16 bits per heavy atom. The van der Waals surface area contributed by atoms with Gasteiger partial charge in [-0.2, -0.15) is 0 Å². The first-order valence-electron chi connectivity index (χ1n) is 6.09. The molecule has 1 rings (SSSR count). The van der Waals surface area contributed by atoms with E-state index in [0.29, 0.717) is 17.9 Å². The lowest BCUT2D eigenvalue weighted by Gasteiger charge is -2.06. The monoisotopic (exact) mass is 263 g/mol. The van der Waals surface area contributed by atoms with Crippen molar-refractivity contribution in [1.29, 1.82) is 0 Å². The molecule has 0 aliphatic carbocycles. The fourth-order valence-corrected chi connectivity index (χ4v) is 1.40. The van der Waals surface area contributed by atoms with Gasteiger partial charge in [0, 0.05) is 5.69 Å². The minimum absolute atomic E-state index is 0.152. The number of hydrogen-bond donors (Lipinski definition) is 1. The van der Waals surface area contributed by atoms with Crippen LogP contribution >= 0.6 is 0 Å². The Hall–Kier alpha value is -2.17. The van der Waals surface area contributed by atoms with Crippen molar-refractivity contribution in [2.45, 2.75) is 26.7 Å². The average Bonchev–Trinajstić information content (AvgIpc) is 2.35. The van der Waals surface area contributed by atoms with E-state index in [0.717, 1.165) is 6.42 Å². The predicted molar refractivity (Wildman–Crippen MR) is 70.9 cm³/mol. The lowest BCUT2D eigenvalue weighted by atomic mass is 10.2. The maximum Gasteiger partial charge on any atom is 0.338 e. The van der Waals surface area contributed by atoms with E-state index in [1.165, 1.54) is 6.92 Å². The van der Waals surface area contributed by atoms with E-state index in [4.69, 9.17) is 4.74 Å². The summed E-state index contributed by atoms with van der Waals surface area (Å²) < 4.78 is 4.98. The number of ether oxygens (including phenoxy) is 1. The number of nitrogens with one attached hydrogen (secondary N) is 1. The molecule has 102 valence electrons. The number of hydrogen-bond acceptors (Lipinski definition) is 4. The minimum atomic E-state index is -0.386. The fourth-order valence-electron chi connectivity index (χ4n) is 1.40. The molecule has 1 N–H and O–H groups in total. The van der Waals surface area contributed by atoms with Gasteiger partial charge in [0.2, 0.25) is 5.91 Å². The van der Waals surface area contributed by atoms with Crippen molar-refractivity contribution in [3.05, 3.63) is 29.8 Å². The molecule has 1 aromatic rings. The van der Waals surface area contributed by atoms with Gasteiger partial charge in [0.15, 0.2) is 0 Å². The summed E-state index contributed by atoms with van der Waals surface area (Å²) >= 11 is 0. The highest BCUT2D eigenvalue weighted by Gasteiger charge is 2.08. The van der Waals surface area contributed by atoms with Gasteiger partial charge in [-0.1, -0.05) is 6.92 Å². The highest BCUT2D eigenvalue weighted by atomic mass is 16.5. The largest absolute Gasteiger partial charge is 0.462 e. The van der Waals surface area contributed by atoms with Gasteiger partial charge < -0.3 is 10.1 Å². The molecule has 0 bridgehead atoms. The summed E-state index contributed by atoms with van der Waals surface area (Å²) in [4.78, 5) is 33.7. The topological polar surface area (TPSA) is 72.5 Å². The van der Waals surface area contributed by atoms with Crippen molar-refractivity contribution >= 4 is 23.3 Å². The van der Waals surface area contributed by atoms with Crippen LogP contribution in [0, 0.1) is 0 Å². The third-order valence-electron chi connectivity index (χ3n) is 2.25. The summed E-state index contributed by atoms with van der Waals surface area (Å²) in [6.07, 6.45) is 0.616. The van der Waals surface area contributed by atoms with Gasteiger partial charge in [-0.25, -0.2) is 4.79 Å². The zero-order valence-electron chi connectivity index (χ0n) is 11.1. The summed E-state index contributed by atoms with van der Waals surface area (Å²) in [5.41, 5.74) is 0.969. The summed E-state index contributed by atoms with van der Waals surface area (Å²) in [5, 5.41) is 2.57. The molecule has 0 aromatic heterocycles. The number of esters is 1. The Kier molecular flexibility index (Phi) is 5.73. The number of carbonyl (C=O) groups is 3. The van der Waals surface area contributed by atoms with Gasteiger partial charge in [-0.05, 0) is 37.6 Å². The molecule has 0 atom stereocenters. The number of Topliss-reactive ketones (excluding diaryl/α,β-unsaturated/α-hetero) is 1. The SMILES string of the molecule is CCCOC(=O)c1ccc(NC(=O)CC(C)=O)cc1. The zero-order chi connectivity index (χ0) is 14.3. The third-order valence-corrected chi connectivity index (χ3v) is 2.25. The molecule has 0 aliphatic rings. The van der Waals surface area contributed by atoms with E-state index in [9.17, 15) is 14.4 Å². The summed E-state index contributed by atoms with van der Waals surface area (Å²) in [6.45, 7) is 3.66. The molecule has 0 saturated carbocycles. The van der Waals surface area contributed by atoms with Crippen LogP contribution in [0.4, 0.5) is 5.69 Å². The van der Waals surface area contributed by atoms with E-state index in [2.05, 4.69) is 5.32 Å². The van der Waals surface area contributed by atoms with Crippen LogP contribution in [0.3, 0.4) is 0 Å². The average molecular weight is 263 g/mol. The van der Waals surface area contributed by atoms with Crippen LogP contribution in [0.1, 0.15) is 37.0 Å². The first kappa shape index (κ1) is 14.9. The van der Waals surface area contributed by atoms with Crippen LogP contribution in [0.2, 0.25) is 0 Å². The number of amides is 1. The van der Waals surface area contributed by atoms with Crippen LogP contribution in [-0.4, -0.2) is 24.3 Å². The maximum atomic E-state index is 11.5. The van der Waals surface area contributed by atoms with Crippen LogP contribution in [0.25, 0.3) is 0 Å². The molecule has 0 radical (unpaired) electrons. The lowest BCUT2D eigenvalue weighted by molar-refractivity contribution is -0.124. The van der Waals surface area contributed by atoms with Crippen LogP contribution in [-0.2, 0) is 14.3 Å². The number of benzene rings is 1. The Morgan fingerprint density at radius 3 is 2.32 bits per heavy atom. The van der Waals surface area contributed by atoms with Crippen LogP contribution in [0.5, 0.6) is 0 Å². The second kappa shape index (κ2) is 7.31. The maximum absolute atomic E-state index is 11.5. The quantitative estimate of drug-likeness (QED) is 0.630. The first-order chi connectivity index (χ1) is 9.02. The summed E-state index contributed by atoms with van der Waals surface area (Å²) in [5.74, 6) is -0.950. The van der Waals surface area contributed by atoms with Gasteiger partial charge in [0.05, 0.1) is 18.6 Å². The van der Waals surface area contributed by atoms with Crippen molar-refractivity contribution in [2.75, 3.05) is 11.9 Å². The lowest BCUT2D eigenvalue weighted by Crippen LogP contribution is -2.14. The van der Waals surface area contributed by atoms with E-state index in [1.807, 2.05) is 6.92 Å². The normalized spacial score (nSPS) is 9.79. The van der Waals surface area contributed by atoms with Gasteiger partial charge in [-0.3, -0.25) is 9.59 Å². The Balaban J connectivity index is 2.58. The van der Waals surface area contributed by atoms with Crippen LogP contribution in [0.15, 0.2) is 24.3 Å². The fraction of sp³-hybridized carbons (Fsp3) is 0.357. The number of ketones is 1. The number of rotatable bonds is 6. The molecule has 0 unspecified atom stereocenters. The molecule has 5 nitrogen and oxygen atoms in total. The van der Waals surface area contributed by atoms with E-state index in [-0.39, 0.29) is 24.1 Å². The van der Waals surface area contributed by atoms with E-state index < -0.39 is 0 Å². The van der Waals surface area contributed by atoms with Gasteiger partial charge in [0.1, 0.15) is 5.78 Å². The highest BCUT2D eigenvalue weighted by molar-refractivity contribution is 6.03. The van der Waals surface area contributed by atoms with Gasteiger partial charge >= 0.3 is 5.97 Å². The second-order valence-electron chi connectivity index (χ2n) is 4.14. The Morgan fingerprint density at radius 2 is 1.79 bits per heavy atom. The van der Waals surface area contributed by atoms with E-state index in [1.54, 1.807) is 24.3 Å². The molecule has 0 fully saturated rings. The molecule has 0 saturated heterocycles. The van der Waals surface area contributed by atoms with Crippen molar-refractivity contribution in [3.8, 4) is 0 Å². The predicted octanol–water partition coefficient (Wildman–Crippen LogP) is 2.17.